The molecule has 1 aromatic rings. The Balaban J connectivity index is 1.73. The minimum absolute atomic E-state index is 0.201. The van der Waals surface area contributed by atoms with Crippen LogP contribution in [0.1, 0.15) is 48.6 Å². The van der Waals surface area contributed by atoms with Gasteiger partial charge in [0.2, 0.25) is 0 Å². The van der Waals surface area contributed by atoms with Gasteiger partial charge in [0.25, 0.3) is 5.91 Å². The van der Waals surface area contributed by atoms with E-state index in [0.29, 0.717) is 30.4 Å². The van der Waals surface area contributed by atoms with E-state index < -0.39 is 12.1 Å². The van der Waals surface area contributed by atoms with Gasteiger partial charge in [0, 0.05) is 18.8 Å². The Morgan fingerprint density at radius 3 is 2.90 bits per heavy atom. The van der Waals surface area contributed by atoms with E-state index >= 15 is 0 Å². The third-order valence-electron chi connectivity index (χ3n) is 3.75. The molecular weight excluding hydrogens is 258 g/mol. The molecule has 20 heavy (non-hydrogen) atoms. The number of nitrogens with zero attached hydrogens (tertiary/aromatic N) is 1. The first-order valence-corrected chi connectivity index (χ1v) is 7.11. The van der Waals surface area contributed by atoms with E-state index in [1.807, 2.05) is 4.57 Å². The van der Waals surface area contributed by atoms with E-state index in [2.05, 4.69) is 5.32 Å². The monoisotopic (exact) mass is 277 g/mol. The van der Waals surface area contributed by atoms with Crippen molar-refractivity contribution in [3.05, 3.63) is 18.0 Å². The topological polar surface area (TPSA) is 86.4 Å². The molecule has 1 atom stereocenters. The number of ether oxygens (including phenoxy) is 1. The predicted molar refractivity (Wildman–Crippen MR) is 73.2 cm³/mol. The van der Waals surface area contributed by atoms with Gasteiger partial charge in [0.15, 0.2) is 6.10 Å². The Labute approximate surface area is 117 Å². The van der Waals surface area contributed by atoms with Gasteiger partial charge in [0.1, 0.15) is 5.69 Å². The number of hydrogen-bond donors (Lipinski definition) is 2. The summed E-state index contributed by atoms with van der Waals surface area (Å²) in [7, 11) is 0. The minimum Gasteiger partial charge on any atom is -0.448 e. The second-order valence-corrected chi connectivity index (χ2v) is 5.48. The number of nitrogens with one attached hydrogen (secondary N) is 1. The first kappa shape index (κ1) is 13.0. The fraction of sp³-hybridized carbons (Fsp3) is 0.571. The lowest BCUT2D eigenvalue weighted by Gasteiger charge is -2.15. The fourth-order valence-corrected chi connectivity index (χ4v) is 2.53. The summed E-state index contributed by atoms with van der Waals surface area (Å²) in [6, 6.07) is 1.97. The highest BCUT2D eigenvalue weighted by atomic mass is 16.5. The third kappa shape index (κ3) is 2.64. The number of aromatic nitrogens is 1. The van der Waals surface area contributed by atoms with Crippen molar-refractivity contribution in [3.63, 3.8) is 0 Å². The molecule has 1 saturated carbocycles. The minimum atomic E-state index is -0.686. The van der Waals surface area contributed by atoms with Gasteiger partial charge < -0.3 is 20.4 Å². The van der Waals surface area contributed by atoms with Crippen LogP contribution in [-0.2, 0) is 9.53 Å². The summed E-state index contributed by atoms with van der Waals surface area (Å²) in [6.07, 6.45) is 5.57. The average Bonchev–Trinajstić information content (AvgIpc) is 3.20. The van der Waals surface area contributed by atoms with Crippen LogP contribution in [0.3, 0.4) is 0 Å². The lowest BCUT2D eigenvalue weighted by molar-refractivity contribution is -0.129. The number of hydrogen-bond acceptors (Lipinski definition) is 4. The van der Waals surface area contributed by atoms with E-state index in [0.717, 1.165) is 25.7 Å². The SMILES string of the molecule is Nc1cc(C(=O)OC2CCCCNC2=O)n(C2CC2)c1. The normalized spacial score (nSPS) is 23.0. The Kier molecular flexibility index (Phi) is 3.38. The summed E-state index contributed by atoms with van der Waals surface area (Å²) in [5.41, 5.74) is 6.76. The molecule has 1 unspecified atom stereocenters. The van der Waals surface area contributed by atoms with Gasteiger partial charge in [-0.25, -0.2) is 4.79 Å². The molecule has 3 rings (SSSR count). The van der Waals surface area contributed by atoms with Crippen molar-refractivity contribution in [2.75, 3.05) is 12.3 Å². The van der Waals surface area contributed by atoms with E-state index in [1.165, 1.54) is 0 Å². The summed E-state index contributed by atoms with van der Waals surface area (Å²) in [4.78, 5) is 24.1. The molecule has 0 bridgehead atoms. The highest BCUT2D eigenvalue weighted by molar-refractivity contribution is 5.92. The molecule has 3 N–H and O–H groups in total. The van der Waals surface area contributed by atoms with Gasteiger partial charge in [-0.1, -0.05) is 0 Å². The number of nitrogens with two attached hydrogens (primary N) is 1. The smallest absolute Gasteiger partial charge is 0.355 e. The van der Waals surface area contributed by atoms with Gasteiger partial charge >= 0.3 is 5.97 Å². The lowest BCUT2D eigenvalue weighted by atomic mass is 10.2. The van der Waals surface area contributed by atoms with Gasteiger partial charge in [-0.3, -0.25) is 4.79 Å². The van der Waals surface area contributed by atoms with Crippen LogP contribution in [0, 0.1) is 0 Å². The van der Waals surface area contributed by atoms with Crippen LogP contribution in [0.4, 0.5) is 5.69 Å². The molecule has 1 aliphatic heterocycles. The lowest BCUT2D eigenvalue weighted by Crippen LogP contribution is -2.36. The Morgan fingerprint density at radius 2 is 2.15 bits per heavy atom. The molecule has 2 fully saturated rings. The van der Waals surface area contributed by atoms with Gasteiger partial charge in [-0.2, -0.15) is 0 Å². The highest BCUT2D eigenvalue weighted by Gasteiger charge is 2.31. The summed E-state index contributed by atoms with van der Waals surface area (Å²) in [5.74, 6) is -0.663. The van der Waals surface area contributed by atoms with Crippen molar-refractivity contribution in [1.82, 2.24) is 9.88 Å². The van der Waals surface area contributed by atoms with Crippen LogP contribution >= 0.6 is 0 Å². The van der Waals surface area contributed by atoms with Crippen molar-refractivity contribution in [2.45, 2.75) is 44.2 Å². The number of rotatable bonds is 3. The molecular formula is C14H19N3O3. The molecule has 0 spiro atoms. The maximum Gasteiger partial charge on any atom is 0.355 e. The zero-order chi connectivity index (χ0) is 14.1. The van der Waals surface area contributed by atoms with Gasteiger partial charge in [0.05, 0.1) is 5.69 Å². The molecule has 6 nitrogen and oxygen atoms in total. The Hall–Kier alpha value is -1.98. The van der Waals surface area contributed by atoms with Crippen LogP contribution in [-0.4, -0.2) is 29.1 Å². The second-order valence-electron chi connectivity index (χ2n) is 5.48. The Bertz CT molecular complexity index is 534. The average molecular weight is 277 g/mol. The number of carbonyl (C=O) groups excluding carboxylic acids is 2. The van der Waals surface area contributed by atoms with E-state index in [4.69, 9.17) is 10.5 Å². The van der Waals surface area contributed by atoms with Crippen LogP contribution in [0.25, 0.3) is 0 Å². The van der Waals surface area contributed by atoms with Crippen molar-refractivity contribution < 1.29 is 14.3 Å². The molecule has 2 aliphatic rings. The summed E-state index contributed by atoms with van der Waals surface area (Å²) < 4.78 is 7.24. The first-order chi connectivity index (χ1) is 9.65. The van der Waals surface area contributed by atoms with Crippen LogP contribution < -0.4 is 11.1 Å². The summed E-state index contributed by atoms with van der Waals surface area (Å²) in [6.45, 7) is 0.651. The number of carbonyl (C=O) groups is 2. The van der Waals surface area contributed by atoms with Gasteiger partial charge in [-0.05, 0) is 38.2 Å². The highest BCUT2D eigenvalue weighted by Crippen LogP contribution is 2.37. The molecule has 1 saturated heterocycles. The van der Waals surface area contributed by atoms with Crippen LogP contribution in [0.15, 0.2) is 12.3 Å². The number of esters is 1. The van der Waals surface area contributed by atoms with Crippen molar-refractivity contribution in [3.8, 4) is 0 Å². The molecule has 6 heteroatoms. The standard InChI is InChI=1S/C14H19N3O3/c15-9-7-11(17(8-9)10-4-5-10)14(19)20-12-3-1-2-6-16-13(12)18/h7-8,10,12H,1-6,15H2,(H,16,18). The quantitative estimate of drug-likeness (QED) is 0.814. The predicted octanol–water partition coefficient (Wildman–Crippen LogP) is 1.23. The summed E-state index contributed by atoms with van der Waals surface area (Å²) >= 11 is 0. The molecule has 108 valence electrons. The summed E-state index contributed by atoms with van der Waals surface area (Å²) in [5, 5.41) is 2.76. The third-order valence-corrected chi connectivity index (χ3v) is 3.75. The zero-order valence-electron chi connectivity index (χ0n) is 11.3. The second kappa shape index (κ2) is 5.19. The number of amides is 1. The van der Waals surface area contributed by atoms with Gasteiger partial charge in [-0.15, -0.1) is 0 Å². The maximum absolute atomic E-state index is 12.3. The zero-order valence-corrected chi connectivity index (χ0v) is 11.3. The molecule has 1 amide bonds. The van der Waals surface area contributed by atoms with Crippen molar-refractivity contribution >= 4 is 17.6 Å². The van der Waals surface area contributed by atoms with Crippen LogP contribution in [0.5, 0.6) is 0 Å². The van der Waals surface area contributed by atoms with Crippen LogP contribution in [0.2, 0.25) is 0 Å². The van der Waals surface area contributed by atoms with E-state index in [9.17, 15) is 9.59 Å². The fourth-order valence-electron chi connectivity index (χ4n) is 2.53. The maximum atomic E-state index is 12.3. The molecule has 1 aliphatic carbocycles. The molecule has 1 aromatic heterocycles. The molecule has 0 aromatic carbocycles. The largest absolute Gasteiger partial charge is 0.448 e. The van der Waals surface area contributed by atoms with Crippen molar-refractivity contribution in [1.29, 1.82) is 0 Å². The number of nitrogen functional groups attached to an aromatic ring is 1. The van der Waals surface area contributed by atoms with Crippen molar-refractivity contribution in [2.24, 2.45) is 0 Å². The Morgan fingerprint density at radius 1 is 1.35 bits per heavy atom. The van der Waals surface area contributed by atoms with E-state index in [-0.39, 0.29) is 5.91 Å². The molecule has 0 radical (unpaired) electrons. The number of anilines is 1. The first-order valence-electron chi connectivity index (χ1n) is 7.11. The van der Waals surface area contributed by atoms with E-state index in [1.54, 1.807) is 12.3 Å². The molecule has 2 heterocycles.